The molecular weight excluding hydrogens is 270 g/mol. The lowest BCUT2D eigenvalue weighted by Gasteiger charge is -2.26. The number of hydrogen-bond acceptors (Lipinski definition) is 6. The highest BCUT2D eigenvalue weighted by atomic mass is 16.5. The number of esters is 1. The third-order valence-electron chi connectivity index (χ3n) is 3.49. The van der Waals surface area contributed by atoms with Gasteiger partial charge in [-0.3, -0.25) is 4.90 Å². The minimum absolute atomic E-state index is 0.333. The predicted octanol–water partition coefficient (Wildman–Crippen LogP) is 0.824. The largest absolute Gasteiger partial charge is 0.461 e. The maximum absolute atomic E-state index is 12.0. The fourth-order valence-electron chi connectivity index (χ4n) is 2.26. The molecule has 0 unspecified atom stereocenters. The first kappa shape index (κ1) is 15.6. The molecule has 1 aromatic rings. The molecule has 2 rings (SSSR count). The normalized spacial score (nSPS) is 15.7. The molecule has 2 N–H and O–H groups in total. The van der Waals surface area contributed by atoms with Crippen molar-refractivity contribution in [2.45, 2.75) is 0 Å². The van der Waals surface area contributed by atoms with Gasteiger partial charge in [0.1, 0.15) is 6.61 Å². The Bertz CT molecular complexity index is 485. The first-order valence-electron chi connectivity index (χ1n) is 7.12. The molecule has 0 spiro atoms. The molecular formula is C15H23N3O3. The van der Waals surface area contributed by atoms with Gasteiger partial charge in [-0.2, -0.15) is 0 Å². The minimum atomic E-state index is -0.333. The van der Waals surface area contributed by atoms with Crippen LogP contribution in [0.4, 0.5) is 11.4 Å². The van der Waals surface area contributed by atoms with Crippen LogP contribution < -0.4 is 10.6 Å². The van der Waals surface area contributed by atoms with Crippen molar-refractivity contribution >= 4 is 17.3 Å². The molecule has 0 radical (unpaired) electrons. The Balaban J connectivity index is 1.84. The van der Waals surface area contributed by atoms with Gasteiger partial charge in [-0.05, 0) is 18.2 Å². The highest BCUT2D eigenvalue weighted by Gasteiger charge is 2.13. The first-order valence-corrected chi connectivity index (χ1v) is 7.12. The minimum Gasteiger partial charge on any atom is -0.461 e. The number of carbonyl (C=O) groups is 1. The monoisotopic (exact) mass is 293 g/mol. The SMILES string of the molecule is CN(C)c1ccc(C(=O)OCCN2CCOCC2)cc1N. The summed E-state index contributed by atoms with van der Waals surface area (Å²) < 4.78 is 10.6. The van der Waals surface area contributed by atoms with Crippen LogP contribution in [0, 0.1) is 0 Å². The molecule has 6 nitrogen and oxygen atoms in total. The number of rotatable bonds is 5. The zero-order valence-corrected chi connectivity index (χ0v) is 12.7. The number of morpholine rings is 1. The number of hydrogen-bond donors (Lipinski definition) is 1. The van der Waals surface area contributed by atoms with Crippen molar-refractivity contribution in [3.8, 4) is 0 Å². The number of carbonyl (C=O) groups excluding carboxylic acids is 1. The number of nitrogens with two attached hydrogens (primary N) is 1. The first-order chi connectivity index (χ1) is 10.1. The van der Waals surface area contributed by atoms with Crippen LogP contribution in [0.1, 0.15) is 10.4 Å². The average molecular weight is 293 g/mol. The van der Waals surface area contributed by atoms with Crippen molar-refractivity contribution in [1.29, 1.82) is 0 Å². The van der Waals surface area contributed by atoms with Gasteiger partial charge in [0.15, 0.2) is 0 Å². The standard InChI is InChI=1S/C15H23N3O3/c1-17(2)14-4-3-12(11-13(14)16)15(19)21-10-7-18-5-8-20-9-6-18/h3-4,11H,5-10,16H2,1-2H3. The molecule has 0 bridgehead atoms. The van der Waals surface area contributed by atoms with E-state index >= 15 is 0 Å². The van der Waals surface area contributed by atoms with Crippen molar-refractivity contribution in [2.24, 2.45) is 0 Å². The summed E-state index contributed by atoms with van der Waals surface area (Å²) in [6.07, 6.45) is 0. The van der Waals surface area contributed by atoms with Crippen LogP contribution >= 0.6 is 0 Å². The van der Waals surface area contributed by atoms with Gasteiger partial charge < -0.3 is 20.1 Å². The molecule has 0 amide bonds. The summed E-state index contributed by atoms with van der Waals surface area (Å²) >= 11 is 0. The van der Waals surface area contributed by atoms with E-state index < -0.39 is 0 Å². The summed E-state index contributed by atoms with van der Waals surface area (Å²) in [4.78, 5) is 16.1. The predicted molar refractivity (Wildman–Crippen MR) is 82.7 cm³/mol. The van der Waals surface area contributed by atoms with E-state index in [9.17, 15) is 4.79 Å². The van der Waals surface area contributed by atoms with Crippen LogP contribution in [-0.2, 0) is 9.47 Å². The van der Waals surface area contributed by atoms with E-state index in [4.69, 9.17) is 15.2 Å². The van der Waals surface area contributed by atoms with Crippen LogP contribution in [0.5, 0.6) is 0 Å². The zero-order valence-electron chi connectivity index (χ0n) is 12.7. The zero-order chi connectivity index (χ0) is 15.2. The molecule has 0 saturated carbocycles. The summed E-state index contributed by atoms with van der Waals surface area (Å²) in [5.41, 5.74) is 7.88. The molecule has 116 valence electrons. The topological polar surface area (TPSA) is 68.0 Å². The molecule has 1 aliphatic rings. The van der Waals surface area contributed by atoms with E-state index in [0.717, 1.165) is 38.5 Å². The van der Waals surface area contributed by atoms with Gasteiger partial charge in [0.2, 0.25) is 0 Å². The second-order valence-electron chi connectivity index (χ2n) is 5.26. The average Bonchev–Trinajstić information content (AvgIpc) is 2.47. The molecule has 6 heteroatoms. The molecule has 1 heterocycles. The van der Waals surface area contributed by atoms with Crippen LogP contribution in [0.15, 0.2) is 18.2 Å². The molecule has 1 aliphatic heterocycles. The Morgan fingerprint density at radius 2 is 2.10 bits per heavy atom. The number of benzene rings is 1. The van der Waals surface area contributed by atoms with Gasteiger partial charge in [0.05, 0.1) is 30.2 Å². The molecule has 21 heavy (non-hydrogen) atoms. The lowest BCUT2D eigenvalue weighted by Crippen LogP contribution is -2.38. The fourth-order valence-corrected chi connectivity index (χ4v) is 2.26. The highest BCUT2D eigenvalue weighted by molar-refractivity contribution is 5.92. The van der Waals surface area contributed by atoms with Crippen molar-refractivity contribution < 1.29 is 14.3 Å². The van der Waals surface area contributed by atoms with Crippen LogP contribution in [0.25, 0.3) is 0 Å². The third-order valence-corrected chi connectivity index (χ3v) is 3.49. The van der Waals surface area contributed by atoms with Crippen LogP contribution in [0.3, 0.4) is 0 Å². The summed E-state index contributed by atoms with van der Waals surface area (Å²) in [6.45, 7) is 4.39. The van der Waals surface area contributed by atoms with Gasteiger partial charge >= 0.3 is 5.97 Å². The molecule has 0 aliphatic carbocycles. The van der Waals surface area contributed by atoms with E-state index in [1.54, 1.807) is 12.1 Å². The van der Waals surface area contributed by atoms with Crippen molar-refractivity contribution in [1.82, 2.24) is 4.90 Å². The Hall–Kier alpha value is -1.79. The summed E-state index contributed by atoms with van der Waals surface area (Å²) in [5, 5.41) is 0. The quantitative estimate of drug-likeness (QED) is 0.640. The van der Waals surface area contributed by atoms with Crippen LogP contribution in [-0.4, -0.2) is 64.4 Å². The number of nitrogen functional groups attached to an aromatic ring is 1. The number of ether oxygens (including phenoxy) is 2. The smallest absolute Gasteiger partial charge is 0.338 e. The Labute approximate surface area is 125 Å². The number of anilines is 2. The Morgan fingerprint density at radius 3 is 2.71 bits per heavy atom. The van der Waals surface area contributed by atoms with Gasteiger partial charge in [0.25, 0.3) is 0 Å². The lowest BCUT2D eigenvalue weighted by molar-refractivity contribution is 0.0195. The van der Waals surface area contributed by atoms with Gasteiger partial charge in [-0.15, -0.1) is 0 Å². The van der Waals surface area contributed by atoms with E-state index in [1.807, 2.05) is 25.1 Å². The maximum atomic E-state index is 12.0. The van der Waals surface area contributed by atoms with Crippen molar-refractivity contribution in [2.75, 3.05) is 64.2 Å². The molecule has 1 saturated heterocycles. The second-order valence-corrected chi connectivity index (χ2v) is 5.26. The number of nitrogens with zero attached hydrogens (tertiary/aromatic N) is 2. The van der Waals surface area contributed by atoms with Crippen molar-refractivity contribution in [3.63, 3.8) is 0 Å². The summed E-state index contributed by atoms with van der Waals surface area (Å²) in [6, 6.07) is 5.23. The maximum Gasteiger partial charge on any atom is 0.338 e. The van der Waals surface area contributed by atoms with Gasteiger partial charge in [-0.1, -0.05) is 0 Å². The Kier molecular flexibility index (Phi) is 5.41. The fraction of sp³-hybridized carbons (Fsp3) is 0.533. The lowest BCUT2D eigenvalue weighted by atomic mass is 10.1. The van der Waals surface area contributed by atoms with Gasteiger partial charge in [0, 0.05) is 33.7 Å². The van der Waals surface area contributed by atoms with E-state index in [2.05, 4.69) is 4.90 Å². The molecule has 1 aromatic carbocycles. The molecule has 0 atom stereocenters. The summed E-state index contributed by atoms with van der Waals surface area (Å²) in [5.74, 6) is -0.333. The molecule has 0 aromatic heterocycles. The van der Waals surface area contributed by atoms with Gasteiger partial charge in [-0.25, -0.2) is 4.79 Å². The van der Waals surface area contributed by atoms with Crippen molar-refractivity contribution in [3.05, 3.63) is 23.8 Å². The van der Waals surface area contributed by atoms with E-state index in [1.165, 1.54) is 0 Å². The molecule has 1 fully saturated rings. The van der Waals surface area contributed by atoms with E-state index in [0.29, 0.717) is 17.9 Å². The van der Waals surface area contributed by atoms with E-state index in [-0.39, 0.29) is 5.97 Å². The van der Waals surface area contributed by atoms with Crippen LogP contribution in [0.2, 0.25) is 0 Å². The summed E-state index contributed by atoms with van der Waals surface area (Å²) in [7, 11) is 3.82. The highest BCUT2D eigenvalue weighted by Crippen LogP contribution is 2.22. The second kappa shape index (κ2) is 7.28. The third kappa shape index (κ3) is 4.34. The Morgan fingerprint density at radius 1 is 1.38 bits per heavy atom.